The van der Waals surface area contributed by atoms with Crippen LogP contribution in [0.25, 0.3) is 0 Å². The third-order valence-electron chi connectivity index (χ3n) is 4.49. The van der Waals surface area contributed by atoms with E-state index >= 15 is 0 Å². The topological polar surface area (TPSA) is 42.3 Å². The fraction of sp³-hybridized carbons (Fsp3) is 0.368. The van der Waals surface area contributed by atoms with Crippen molar-refractivity contribution in [2.45, 2.75) is 19.3 Å². The van der Waals surface area contributed by atoms with Gasteiger partial charge < -0.3 is 4.57 Å². The van der Waals surface area contributed by atoms with E-state index in [0.29, 0.717) is 28.4 Å². The molecule has 0 amide bonds. The van der Waals surface area contributed by atoms with Gasteiger partial charge in [0.15, 0.2) is 5.78 Å². The summed E-state index contributed by atoms with van der Waals surface area (Å²) in [4.78, 5) is 27.4. The van der Waals surface area contributed by atoms with Crippen LogP contribution < -0.4 is 0 Å². The Morgan fingerprint density at radius 1 is 1.12 bits per heavy atom. The Labute approximate surface area is 147 Å². The first-order valence-corrected chi connectivity index (χ1v) is 8.65. The fourth-order valence-corrected chi connectivity index (χ4v) is 3.36. The van der Waals surface area contributed by atoms with Gasteiger partial charge in [0.1, 0.15) is 0 Å². The number of benzene rings is 1. The highest BCUT2D eigenvalue weighted by Gasteiger charge is 2.20. The average molecular weight is 345 g/mol. The monoisotopic (exact) mass is 344 g/mol. The SMILES string of the molecule is Cn1cc(C(=O)CN2CCCCC2)cc1C(=O)c1ccccc1Cl. The van der Waals surface area contributed by atoms with E-state index in [-0.39, 0.29) is 11.6 Å². The summed E-state index contributed by atoms with van der Waals surface area (Å²) < 4.78 is 1.70. The molecule has 1 saturated heterocycles. The van der Waals surface area contributed by atoms with Gasteiger partial charge in [-0.25, -0.2) is 0 Å². The van der Waals surface area contributed by atoms with Crippen molar-refractivity contribution >= 4 is 23.2 Å². The van der Waals surface area contributed by atoms with E-state index in [1.807, 2.05) is 0 Å². The molecular formula is C19H21ClN2O2. The van der Waals surface area contributed by atoms with E-state index in [1.54, 1.807) is 48.1 Å². The molecule has 2 heterocycles. The number of carbonyl (C=O) groups is 2. The number of ketones is 2. The predicted molar refractivity (Wildman–Crippen MR) is 94.9 cm³/mol. The van der Waals surface area contributed by atoms with Crippen LogP contribution in [0.1, 0.15) is 45.7 Å². The first-order chi connectivity index (χ1) is 11.6. The van der Waals surface area contributed by atoms with Crippen molar-refractivity contribution in [3.63, 3.8) is 0 Å². The maximum atomic E-state index is 12.7. The molecule has 0 N–H and O–H groups in total. The molecule has 5 heteroatoms. The van der Waals surface area contributed by atoms with Crippen molar-refractivity contribution in [2.24, 2.45) is 7.05 Å². The van der Waals surface area contributed by atoms with Crippen molar-refractivity contribution in [3.8, 4) is 0 Å². The maximum absolute atomic E-state index is 12.7. The van der Waals surface area contributed by atoms with Crippen LogP contribution in [0, 0.1) is 0 Å². The third kappa shape index (κ3) is 3.60. The molecule has 1 aliphatic rings. The molecule has 0 atom stereocenters. The van der Waals surface area contributed by atoms with E-state index in [4.69, 9.17) is 11.6 Å². The minimum absolute atomic E-state index is 0.0608. The maximum Gasteiger partial charge on any atom is 0.210 e. The molecule has 3 rings (SSSR count). The molecule has 1 aromatic carbocycles. The normalized spacial score (nSPS) is 15.4. The van der Waals surface area contributed by atoms with Gasteiger partial charge in [-0.15, -0.1) is 0 Å². The zero-order chi connectivity index (χ0) is 17.1. The summed E-state index contributed by atoms with van der Waals surface area (Å²) in [6.45, 7) is 2.37. The molecule has 0 bridgehead atoms. The first kappa shape index (κ1) is 16.9. The molecule has 1 fully saturated rings. The first-order valence-electron chi connectivity index (χ1n) is 8.27. The molecule has 24 heavy (non-hydrogen) atoms. The molecule has 0 aliphatic carbocycles. The highest BCUT2D eigenvalue weighted by molar-refractivity contribution is 6.34. The van der Waals surface area contributed by atoms with Gasteiger partial charge in [-0.1, -0.05) is 30.2 Å². The van der Waals surface area contributed by atoms with Crippen molar-refractivity contribution in [1.29, 1.82) is 0 Å². The van der Waals surface area contributed by atoms with Crippen LogP contribution in [0.5, 0.6) is 0 Å². The summed E-state index contributed by atoms with van der Waals surface area (Å²) in [5, 5.41) is 0.421. The second-order valence-electron chi connectivity index (χ2n) is 6.29. The number of aromatic nitrogens is 1. The van der Waals surface area contributed by atoms with Crippen LogP contribution in [0.15, 0.2) is 36.5 Å². The fourth-order valence-electron chi connectivity index (χ4n) is 3.14. The number of Topliss-reactive ketones (excluding diaryl/α,β-unsaturated/α-hetero) is 1. The number of hydrogen-bond acceptors (Lipinski definition) is 3. The zero-order valence-electron chi connectivity index (χ0n) is 13.8. The minimum atomic E-state index is -0.167. The highest BCUT2D eigenvalue weighted by atomic mass is 35.5. The number of aryl methyl sites for hydroxylation is 1. The molecule has 0 saturated carbocycles. The van der Waals surface area contributed by atoms with Crippen LogP contribution in [-0.2, 0) is 7.05 Å². The van der Waals surface area contributed by atoms with Crippen LogP contribution in [0.2, 0.25) is 5.02 Å². The lowest BCUT2D eigenvalue weighted by Crippen LogP contribution is -2.34. The summed E-state index contributed by atoms with van der Waals surface area (Å²) in [5.41, 5.74) is 1.51. The van der Waals surface area contributed by atoms with Gasteiger partial charge in [0.05, 0.1) is 17.3 Å². The molecule has 2 aromatic rings. The number of hydrogen-bond donors (Lipinski definition) is 0. The summed E-state index contributed by atoms with van der Waals surface area (Å²) >= 11 is 6.12. The number of rotatable bonds is 5. The Morgan fingerprint density at radius 2 is 1.83 bits per heavy atom. The average Bonchev–Trinajstić information content (AvgIpc) is 2.98. The number of nitrogens with zero attached hydrogens (tertiary/aromatic N) is 2. The van der Waals surface area contributed by atoms with Crippen molar-refractivity contribution in [3.05, 3.63) is 58.4 Å². The van der Waals surface area contributed by atoms with Crippen LogP contribution >= 0.6 is 11.6 Å². The quantitative estimate of drug-likeness (QED) is 0.779. The van der Waals surface area contributed by atoms with Gasteiger partial charge in [0.25, 0.3) is 0 Å². The lowest BCUT2D eigenvalue weighted by atomic mass is 10.1. The van der Waals surface area contributed by atoms with E-state index in [2.05, 4.69) is 4.90 Å². The number of likely N-dealkylation sites (tertiary alicyclic amines) is 1. The molecule has 0 unspecified atom stereocenters. The van der Waals surface area contributed by atoms with Gasteiger partial charge in [-0.2, -0.15) is 0 Å². The van der Waals surface area contributed by atoms with Crippen LogP contribution in [0.3, 0.4) is 0 Å². The summed E-state index contributed by atoms with van der Waals surface area (Å²) in [6.07, 6.45) is 5.28. The van der Waals surface area contributed by atoms with Gasteiger partial charge in [-0.3, -0.25) is 14.5 Å². The smallest absolute Gasteiger partial charge is 0.210 e. The van der Waals surface area contributed by atoms with Gasteiger partial charge >= 0.3 is 0 Å². The van der Waals surface area contributed by atoms with E-state index in [9.17, 15) is 9.59 Å². The number of halogens is 1. The van der Waals surface area contributed by atoms with Gasteiger partial charge in [0, 0.05) is 24.4 Å². The molecule has 4 nitrogen and oxygen atoms in total. The molecule has 1 aromatic heterocycles. The lowest BCUT2D eigenvalue weighted by Gasteiger charge is -2.25. The lowest BCUT2D eigenvalue weighted by molar-refractivity contribution is 0.0915. The number of carbonyl (C=O) groups excluding carboxylic acids is 2. The van der Waals surface area contributed by atoms with Crippen molar-refractivity contribution in [2.75, 3.05) is 19.6 Å². The zero-order valence-corrected chi connectivity index (χ0v) is 14.6. The van der Waals surface area contributed by atoms with E-state index in [0.717, 1.165) is 25.9 Å². The molecule has 0 radical (unpaired) electrons. The summed E-state index contributed by atoms with van der Waals surface area (Å²) in [5.74, 6) is -0.106. The Hall–Kier alpha value is -1.91. The standard InChI is InChI=1S/C19H21ClN2O2/c1-21-12-14(18(23)13-22-9-5-2-6-10-22)11-17(21)19(24)15-7-3-4-8-16(15)20/h3-4,7-8,11-12H,2,5-6,9-10,13H2,1H3. The van der Waals surface area contributed by atoms with E-state index < -0.39 is 0 Å². The van der Waals surface area contributed by atoms with Crippen molar-refractivity contribution in [1.82, 2.24) is 9.47 Å². The third-order valence-corrected chi connectivity index (χ3v) is 4.82. The Bertz CT molecular complexity index is 760. The predicted octanol–water partition coefficient (Wildman–Crippen LogP) is 3.58. The highest BCUT2D eigenvalue weighted by Crippen LogP contribution is 2.20. The molecular weight excluding hydrogens is 324 g/mol. The second kappa shape index (κ2) is 7.32. The molecule has 1 aliphatic heterocycles. The second-order valence-corrected chi connectivity index (χ2v) is 6.70. The van der Waals surface area contributed by atoms with Crippen LogP contribution in [0.4, 0.5) is 0 Å². The Balaban J connectivity index is 1.78. The largest absolute Gasteiger partial charge is 0.347 e. The molecule has 126 valence electrons. The minimum Gasteiger partial charge on any atom is -0.347 e. The summed E-state index contributed by atoms with van der Waals surface area (Å²) in [6, 6.07) is 8.65. The molecule has 0 spiro atoms. The Morgan fingerprint density at radius 3 is 2.54 bits per heavy atom. The van der Waals surface area contributed by atoms with Gasteiger partial charge in [-0.05, 0) is 44.1 Å². The van der Waals surface area contributed by atoms with Crippen molar-refractivity contribution < 1.29 is 9.59 Å². The summed E-state index contributed by atoms with van der Waals surface area (Å²) in [7, 11) is 1.78. The van der Waals surface area contributed by atoms with Crippen LogP contribution in [-0.4, -0.2) is 40.7 Å². The van der Waals surface area contributed by atoms with Gasteiger partial charge in [0.2, 0.25) is 5.78 Å². The van der Waals surface area contributed by atoms with E-state index in [1.165, 1.54) is 6.42 Å². The number of piperidine rings is 1. The Kier molecular flexibility index (Phi) is 5.17.